The van der Waals surface area contributed by atoms with Crippen LogP contribution in [0.15, 0.2) is 55.0 Å². The van der Waals surface area contributed by atoms with E-state index in [2.05, 4.69) is 10.1 Å². The minimum Gasteiger partial charge on any atom is -0.461 e. The van der Waals surface area contributed by atoms with Crippen LogP contribution in [-0.2, 0) is 4.74 Å². The summed E-state index contributed by atoms with van der Waals surface area (Å²) >= 11 is -0.206. The zero-order chi connectivity index (χ0) is 19.7. The molecule has 3 heterocycles. The summed E-state index contributed by atoms with van der Waals surface area (Å²) in [6.07, 6.45) is 5.17. The van der Waals surface area contributed by atoms with E-state index in [1.807, 2.05) is 0 Å². The van der Waals surface area contributed by atoms with Gasteiger partial charge < -0.3 is 9.14 Å². The molecule has 0 bridgehead atoms. The number of halogens is 2. The number of rotatable bonds is 5. The molecular weight excluding hydrogens is 386 g/mol. The summed E-state index contributed by atoms with van der Waals surface area (Å²) in [5.74, 6) is -1.11. The zero-order valence-corrected chi connectivity index (χ0v) is 15.5. The molecule has 0 radical (unpaired) electrons. The lowest BCUT2D eigenvalue weighted by molar-refractivity contribution is 0.0518. The van der Waals surface area contributed by atoms with Gasteiger partial charge >= 0.3 is 5.97 Å². The Balaban J connectivity index is 2.00. The van der Waals surface area contributed by atoms with Crippen LogP contribution in [0.3, 0.4) is 0 Å². The van der Waals surface area contributed by atoms with E-state index in [0.29, 0.717) is 22.4 Å². The predicted molar refractivity (Wildman–Crippen MR) is 102 cm³/mol. The maximum absolute atomic E-state index is 13.6. The smallest absolute Gasteiger partial charge is 0.358 e. The molecule has 0 N–H and O–H groups in total. The molecule has 0 saturated heterocycles. The summed E-state index contributed by atoms with van der Waals surface area (Å²) in [5.41, 5.74) is 2.58. The molecule has 0 unspecified atom stereocenters. The van der Waals surface area contributed by atoms with E-state index in [1.165, 1.54) is 24.3 Å². The number of fused-ring (bicyclic) bond motifs is 1. The van der Waals surface area contributed by atoms with Crippen LogP contribution in [0.4, 0.5) is 8.28 Å². The zero-order valence-electron chi connectivity index (χ0n) is 14.7. The third kappa shape index (κ3) is 3.13. The molecule has 0 saturated carbocycles. The average Bonchev–Trinajstić information content (AvgIpc) is 3.32. The van der Waals surface area contributed by atoms with Crippen molar-refractivity contribution in [3.05, 3.63) is 66.5 Å². The molecule has 0 fully saturated rings. The van der Waals surface area contributed by atoms with Gasteiger partial charge in [0, 0.05) is 35.3 Å². The van der Waals surface area contributed by atoms with Gasteiger partial charge in [-0.3, -0.25) is 0 Å². The first-order valence-electron chi connectivity index (χ1n) is 8.40. The number of esters is 1. The van der Waals surface area contributed by atoms with Gasteiger partial charge in [-0.05, 0) is 43.3 Å². The Morgan fingerprint density at radius 2 is 1.93 bits per heavy atom. The standard InChI is InChI=1S/C19H14F2N4O2S/c1-2-27-19(26)18-16(13-5-8-15-22-9-10-24(15)11-13)17(23-25(18)28-21)12-3-6-14(20)7-4-12/h3-11H,2H2,1H3. The highest BCUT2D eigenvalue weighted by Gasteiger charge is 2.28. The van der Waals surface area contributed by atoms with Crippen LogP contribution in [0.25, 0.3) is 28.0 Å². The summed E-state index contributed by atoms with van der Waals surface area (Å²) < 4.78 is 34.8. The van der Waals surface area contributed by atoms with Gasteiger partial charge in [0.1, 0.15) is 17.2 Å². The first kappa shape index (κ1) is 18.2. The van der Waals surface area contributed by atoms with Crippen molar-refractivity contribution in [3.63, 3.8) is 0 Å². The molecule has 4 aromatic rings. The van der Waals surface area contributed by atoms with Crippen molar-refractivity contribution in [1.29, 1.82) is 0 Å². The van der Waals surface area contributed by atoms with Gasteiger partial charge in [0.05, 0.1) is 6.61 Å². The Hall–Kier alpha value is -3.20. The molecule has 0 atom stereocenters. The molecule has 28 heavy (non-hydrogen) atoms. The SMILES string of the molecule is CCOC(=O)c1c(-c2ccc3nccn3c2)c(-c2ccc(F)cc2)nn1SF. The average molecular weight is 400 g/mol. The van der Waals surface area contributed by atoms with Crippen molar-refractivity contribution in [3.8, 4) is 22.4 Å². The van der Waals surface area contributed by atoms with E-state index < -0.39 is 11.8 Å². The Bertz CT molecular complexity index is 1150. The van der Waals surface area contributed by atoms with E-state index in [9.17, 15) is 13.1 Å². The predicted octanol–water partition coefficient (Wildman–Crippen LogP) is 4.56. The van der Waals surface area contributed by atoms with Crippen LogP contribution in [0, 0.1) is 5.82 Å². The molecular formula is C19H14F2N4O2S. The molecule has 0 amide bonds. The lowest BCUT2D eigenvalue weighted by atomic mass is 10.00. The summed E-state index contributed by atoms with van der Waals surface area (Å²) in [4.78, 5) is 16.8. The number of imidazole rings is 1. The normalized spacial score (nSPS) is 11.1. The lowest BCUT2D eigenvalue weighted by Crippen LogP contribution is -2.10. The fraction of sp³-hybridized carbons (Fsp3) is 0.105. The number of hydrogen-bond acceptors (Lipinski definition) is 5. The Kier molecular flexibility index (Phi) is 4.82. The fourth-order valence-electron chi connectivity index (χ4n) is 2.98. The highest BCUT2D eigenvalue weighted by molar-refractivity contribution is 7.92. The molecule has 4 rings (SSSR count). The van der Waals surface area contributed by atoms with E-state index in [0.717, 1.165) is 9.73 Å². The summed E-state index contributed by atoms with van der Waals surface area (Å²) in [6.45, 7) is 1.80. The Labute approximate surface area is 163 Å². The van der Waals surface area contributed by atoms with Gasteiger partial charge in [0.15, 0.2) is 18.0 Å². The second-order valence-corrected chi connectivity index (χ2v) is 6.34. The molecule has 0 aliphatic rings. The van der Waals surface area contributed by atoms with E-state index in [-0.39, 0.29) is 24.6 Å². The molecule has 142 valence electrons. The van der Waals surface area contributed by atoms with Gasteiger partial charge in [0.25, 0.3) is 0 Å². The molecule has 1 aromatic carbocycles. The number of carbonyl (C=O) groups is 1. The maximum atomic E-state index is 13.6. The first-order chi connectivity index (χ1) is 13.6. The Morgan fingerprint density at radius 1 is 1.18 bits per heavy atom. The van der Waals surface area contributed by atoms with Gasteiger partial charge in [-0.2, -0.15) is 9.19 Å². The fourth-order valence-corrected chi connectivity index (χ4v) is 3.33. The minimum atomic E-state index is -0.700. The molecule has 6 nitrogen and oxygen atoms in total. The second-order valence-electron chi connectivity index (χ2n) is 5.85. The third-order valence-corrected chi connectivity index (χ3v) is 4.58. The van der Waals surface area contributed by atoms with Crippen LogP contribution in [0.1, 0.15) is 17.4 Å². The number of hydrogen-bond donors (Lipinski definition) is 0. The number of benzene rings is 1. The van der Waals surface area contributed by atoms with Gasteiger partial charge in [-0.15, -0.1) is 3.89 Å². The number of pyridine rings is 1. The van der Waals surface area contributed by atoms with Gasteiger partial charge in [-0.25, -0.2) is 14.2 Å². The number of nitrogens with zero attached hydrogens (tertiary/aromatic N) is 4. The quantitative estimate of drug-likeness (QED) is 0.460. The van der Waals surface area contributed by atoms with Crippen molar-refractivity contribution in [2.24, 2.45) is 0 Å². The van der Waals surface area contributed by atoms with Crippen molar-refractivity contribution < 1.29 is 17.8 Å². The largest absolute Gasteiger partial charge is 0.461 e. The van der Waals surface area contributed by atoms with Crippen LogP contribution < -0.4 is 0 Å². The van der Waals surface area contributed by atoms with E-state index >= 15 is 0 Å². The van der Waals surface area contributed by atoms with Gasteiger partial charge in [0.2, 0.25) is 0 Å². The number of carbonyl (C=O) groups excluding carboxylic acids is 1. The highest BCUT2D eigenvalue weighted by Crippen LogP contribution is 2.37. The van der Waals surface area contributed by atoms with Crippen molar-refractivity contribution >= 4 is 24.0 Å². The highest BCUT2D eigenvalue weighted by atomic mass is 32.2. The molecule has 3 aromatic heterocycles. The van der Waals surface area contributed by atoms with Crippen molar-refractivity contribution in [2.75, 3.05) is 6.61 Å². The van der Waals surface area contributed by atoms with Crippen molar-refractivity contribution in [2.45, 2.75) is 6.92 Å². The van der Waals surface area contributed by atoms with Gasteiger partial charge in [-0.1, -0.05) is 0 Å². The summed E-state index contributed by atoms with van der Waals surface area (Å²) in [6, 6.07) is 9.16. The number of aromatic nitrogens is 4. The molecule has 0 spiro atoms. The van der Waals surface area contributed by atoms with Crippen molar-refractivity contribution in [1.82, 2.24) is 18.6 Å². The van der Waals surface area contributed by atoms with E-state index in [1.54, 1.807) is 42.0 Å². The van der Waals surface area contributed by atoms with Crippen LogP contribution in [-0.4, -0.2) is 31.1 Å². The van der Waals surface area contributed by atoms with Crippen LogP contribution in [0.5, 0.6) is 0 Å². The maximum Gasteiger partial charge on any atom is 0.358 e. The topological polar surface area (TPSA) is 61.4 Å². The monoisotopic (exact) mass is 400 g/mol. The van der Waals surface area contributed by atoms with Crippen LogP contribution >= 0.6 is 12.3 Å². The summed E-state index contributed by atoms with van der Waals surface area (Å²) in [7, 11) is 0. The molecule has 9 heteroatoms. The van der Waals surface area contributed by atoms with E-state index in [4.69, 9.17) is 4.74 Å². The lowest BCUT2D eigenvalue weighted by Gasteiger charge is -2.08. The number of ether oxygens (including phenoxy) is 1. The first-order valence-corrected chi connectivity index (χ1v) is 9.08. The molecule has 0 aliphatic carbocycles. The summed E-state index contributed by atoms with van der Waals surface area (Å²) in [5, 5.41) is 4.23. The molecule has 0 aliphatic heterocycles. The minimum absolute atomic E-state index is 0.0341. The Morgan fingerprint density at radius 3 is 2.64 bits per heavy atom. The second kappa shape index (κ2) is 7.43. The third-order valence-electron chi connectivity index (χ3n) is 4.18. The van der Waals surface area contributed by atoms with Crippen LogP contribution in [0.2, 0.25) is 0 Å².